The Balaban J connectivity index is 0. The van der Waals surface area contributed by atoms with Crippen molar-refractivity contribution >= 4 is 5.91 Å². The van der Waals surface area contributed by atoms with E-state index in [1.165, 1.54) is 11.1 Å². The van der Waals surface area contributed by atoms with Crippen LogP contribution < -0.4 is 5.73 Å². The van der Waals surface area contributed by atoms with Gasteiger partial charge in [0.25, 0.3) is 0 Å². The van der Waals surface area contributed by atoms with E-state index in [1.54, 1.807) is 0 Å². The van der Waals surface area contributed by atoms with Crippen molar-refractivity contribution in [2.75, 3.05) is 13.6 Å². The van der Waals surface area contributed by atoms with E-state index in [4.69, 9.17) is 5.73 Å². The van der Waals surface area contributed by atoms with Gasteiger partial charge >= 0.3 is 0 Å². The van der Waals surface area contributed by atoms with E-state index in [0.29, 0.717) is 6.54 Å². The van der Waals surface area contributed by atoms with Crippen molar-refractivity contribution in [1.29, 1.82) is 0 Å². The van der Waals surface area contributed by atoms with Gasteiger partial charge < -0.3 is 5.73 Å². The van der Waals surface area contributed by atoms with E-state index in [1.807, 2.05) is 34.7 Å². The van der Waals surface area contributed by atoms with Crippen LogP contribution in [0.2, 0.25) is 0 Å². The predicted molar refractivity (Wildman–Crippen MR) is 103 cm³/mol. The molecule has 0 aliphatic rings. The van der Waals surface area contributed by atoms with Crippen LogP contribution in [-0.2, 0) is 10.3 Å². The molecule has 0 heterocycles. The molecule has 1 rings (SSSR count). The van der Waals surface area contributed by atoms with Crippen LogP contribution in [0.5, 0.6) is 0 Å². The van der Waals surface area contributed by atoms with Crippen molar-refractivity contribution in [2.24, 2.45) is 5.73 Å². The minimum absolute atomic E-state index is 0.0997. The minimum atomic E-state index is -0.275. The molecule has 0 aromatic heterocycles. The Labute approximate surface area is 144 Å². The Morgan fingerprint density at radius 3 is 1.91 bits per heavy atom. The summed E-state index contributed by atoms with van der Waals surface area (Å²) in [4.78, 5) is 13.3. The number of amides is 1. The fourth-order valence-corrected chi connectivity index (χ4v) is 2.87. The number of likely N-dealkylation sites (N-methyl/N-ethyl adjacent to an activating group) is 1. The predicted octanol–water partition coefficient (Wildman–Crippen LogP) is 4.87. The molecule has 1 atom stereocenters. The van der Waals surface area contributed by atoms with Gasteiger partial charge in [-0.15, -0.1) is 0 Å². The smallest absolute Gasteiger partial charge is 0.231 e. The molecule has 1 aromatic carbocycles. The monoisotopic (exact) mass is 322 g/mol. The number of primary amides is 1. The van der Waals surface area contributed by atoms with E-state index in [9.17, 15) is 4.79 Å². The standard InChI is InChI=1S/C16H26N2O.2C2H6/c1-5-11-16(6-2,18(4)12-15(17)19)14-9-7-13(3)8-10-14;2*1-2/h7-10H,5-6,11-12H2,1-4H3,(H2,17,19);2*1-2H3. The first-order valence-corrected chi connectivity index (χ1v) is 9.03. The van der Waals surface area contributed by atoms with Crippen molar-refractivity contribution in [3.63, 3.8) is 0 Å². The van der Waals surface area contributed by atoms with E-state index < -0.39 is 0 Å². The Bertz CT molecular complexity index is 414. The van der Waals surface area contributed by atoms with Gasteiger partial charge in [-0.05, 0) is 32.4 Å². The van der Waals surface area contributed by atoms with Gasteiger partial charge in [-0.25, -0.2) is 0 Å². The lowest BCUT2D eigenvalue weighted by molar-refractivity contribution is -0.120. The Kier molecular flexibility index (Phi) is 13.6. The summed E-state index contributed by atoms with van der Waals surface area (Å²) in [7, 11) is 1.99. The van der Waals surface area contributed by atoms with Gasteiger partial charge in [-0.2, -0.15) is 0 Å². The fraction of sp³-hybridized carbons (Fsp3) is 0.650. The molecule has 134 valence electrons. The average Bonchev–Trinajstić information content (AvgIpc) is 2.56. The maximum Gasteiger partial charge on any atom is 0.231 e. The van der Waals surface area contributed by atoms with Crippen LogP contribution in [0.4, 0.5) is 0 Å². The van der Waals surface area contributed by atoms with Crippen LogP contribution in [-0.4, -0.2) is 24.4 Å². The molecule has 0 saturated heterocycles. The number of nitrogens with two attached hydrogens (primary N) is 1. The number of carbonyl (C=O) groups is 1. The lowest BCUT2D eigenvalue weighted by Gasteiger charge is -2.41. The molecule has 1 amide bonds. The highest BCUT2D eigenvalue weighted by atomic mass is 16.1. The second kappa shape index (κ2) is 13.1. The molecule has 1 unspecified atom stereocenters. The summed E-state index contributed by atoms with van der Waals surface area (Å²) in [6, 6.07) is 8.61. The molecule has 3 heteroatoms. The number of hydrogen-bond donors (Lipinski definition) is 1. The molecule has 0 fully saturated rings. The average molecular weight is 323 g/mol. The maximum absolute atomic E-state index is 11.2. The molecule has 0 bridgehead atoms. The van der Waals surface area contributed by atoms with Crippen molar-refractivity contribution in [3.8, 4) is 0 Å². The van der Waals surface area contributed by atoms with Gasteiger partial charge in [0.15, 0.2) is 0 Å². The first kappa shape index (κ1) is 23.9. The summed E-state index contributed by atoms with van der Waals surface area (Å²) in [5.41, 5.74) is 7.79. The minimum Gasteiger partial charge on any atom is -0.369 e. The van der Waals surface area contributed by atoms with E-state index >= 15 is 0 Å². The number of benzene rings is 1. The third kappa shape index (κ3) is 7.17. The molecule has 0 aliphatic heterocycles. The zero-order valence-electron chi connectivity index (χ0n) is 16.6. The van der Waals surface area contributed by atoms with Gasteiger partial charge in [-0.3, -0.25) is 9.69 Å². The summed E-state index contributed by atoms with van der Waals surface area (Å²) in [6.45, 7) is 14.7. The molecule has 0 saturated carbocycles. The van der Waals surface area contributed by atoms with E-state index in [0.717, 1.165) is 19.3 Å². The number of nitrogens with zero attached hydrogens (tertiary/aromatic N) is 1. The molecule has 23 heavy (non-hydrogen) atoms. The second-order valence-corrected chi connectivity index (χ2v) is 5.32. The van der Waals surface area contributed by atoms with Gasteiger partial charge in [0.05, 0.1) is 6.54 Å². The number of rotatable bonds is 7. The van der Waals surface area contributed by atoms with Crippen LogP contribution in [0.15, 0.2) is 24.3 Å². The Hall–Kier alpha value is -1.35. The summed E-state index contributed by atoms with van der Waals surface area (Å²) < 4.78 is 0. The number of aryl methyl sites for hydroxylation is 1. The molecule has 0 spiro atoms. The lowest BCUT2D eigenvalue weighted by atomic mass is 9.81. The van der Waals surface area contributed by atoms with Crippen molar-refractivity contribution in [1.82, 2.24) is 4.90 Å². The fourth-order valence-electron chi connectivity index (χ4n) is 2.87. The zero-order chi connectivity index (χ0) is 18.5. The summed E-state index contributed by atoms with van der Waals surface area (Å²) in [5, 5.41) is 0. The highest BCUT2D eigenvalue weighted by molar-refractivity contribution is 5.76. The first-order valence-electron chi connectivity index (χ1n) is 9.03. The molecular formula is C20H38N2O. The largest absolute Gasteiger partial charge is 0.369 e. The summed E-state index contributed by atoms with van der Waals surface area (Å²) in [6.07, 6.45) is 3.06. The number of carbonyl (C=O) groups excluding carboxylic acids is 1. The second-order valence-electron chi connectivity index (χ2n) is 5.32. The van der Waals surface area contributed by atoms with E-state index in [-0.39, 0.29) is 11.4 Å². The lowest BCUT2D eigenvalue weighted by Crippen LogP contribution is -2.47. The van der Waals surface area contributed by atoms with E-state index in [2.05, 4.69) is 49.9 Å². The summed E-state index contributed by atoms with van der Waals surface area (Å²) >= 11 is 0. The van der Waals surface area contributed by atoms with Gasteiger partial charge in [0, 0.05) is 5.54 Å². The summed E-state index contributed by atoms with van der Waals surface area (Å²) in [5.74, 6) is -0.275. The van der Waals surface area contributed by atoms with Crippen LogP contribution in [0, 0.1) is 6.92 Å². The van der Waals surface area contributed by atoms with Gasteiger partial charge in [0.2, 0.25) is 5.91 Å². The van der Waals surface area contributed by atoms with Crippen LogP contribution in [0.3, 0.4) is 0 Å². The SMILES string of the molecule is CC.CC.CCCC(CC)(c1ccc(C)cc1)N(C)CC(N)=O. The zero-order valence-corrected chi connectivity index (χ0v) is 16.6. The Morgan fingerprint density at radius 2 is 1.57 bits per heavy atom. The normalized spacial score (nSPS) is 12.4. The van der Waals surface area contributed by atoms with Crippen molar-refractivity contribution in [2.45, 2.75) is 73.3 Å². The maximum atomic E-state index is 11.2. The van der Waals surface area contributed by atoms with Crippen LogP contribution >= 0.6 is 0 Å². The first-order chi connectivity index (χ1) is 11.0. The third-order valence-corrected chi connectivity index (χ3v) is 3.96. The van der Waals surface area contributed by atoms with Gasteiger partial charge in [-0.1, -0.05) is 77.8 Å². The molecular weight excluding hydrogens is 284 g/mol. The highest BCUT2D eigenvalue weighted by Crippen LogP contribution is 2.35. The van der Waals surface area contributed by atoms with Crippen LogP contribution in [0.1, 0.15) is 71.9 Å². The molecule has 1 aromatic rings. The topological polar surface area (TPSA) is 46.3 Å². The Morgan fingerprint density at radius 1 is 1.09 bits per heavy atom. The third-order valence-electron chi connectivity index (χ3n) is 3.96. The molecule has 0 aliphatic carbocycles. The van der Waals surface area contributed by atoms with Crippen molar-refractivity contribution < 1.29 is 4.79 Å². The van der Waals surface area contributed by atoms with Crippen LogP contribution in [0.25, 0.3) is 0 Å². The highest BCUT2D eigenvalue weighted by Gasteiger charge is 2.34. The molecule has 3 nitrogen and oxygen atoms in total. The quantitative estimate of drug-likeness (QED) is 0.778. The molecule has 2 N–H and O–H groups in total. The van der Waals surface area contributed by atoms with Gasteiger partial charge in [0.1, 0.15) is 0 Å². The number of hydrogen-bond acceptors (Lipinski definition) is 2. The molecule has 0 radical (unpaired) electrons. The van der Waals surface area contributed by atoms with Crippen molar-refractivity contribution in [3.05, 3.63) is 35.4 Å².